The molecule has 0 aliphatic rings. The van der Waals surface area contributed by atoms with Crippen LogP contribution in [0.3, 0.4) is 0 Å². The zero-order valence-electron chi connectivity index (χ0n) is 9.23. The maximum Gasteiger partial charge on any atom is 0.197 e. The topological polar surface area (TPSA) is 22.0 Å². The fourth-order valence-electron chi connectivity index (χ4n) is 1.97. The highest BCUT2D eigenvalue weighted by atomic mass is 16.1. The van der Waals surface area contributed by atoms with Crippen molar-refractivity contribution >= 4 is 23.1 Å². The van der Waals surface area contributed by atoms with Crippen molar-refractivity contribution in [2.24, 2.45) is 7.05 Å². The number of para-hydroxylation sites is 1. The van der Waals surface area contributed by atoms with E-state index in [1.165, 1.54) is 0 Å². The quantitative estimate of drug-likeness (QED) is 0.748. The lowest BCUT2D eigenvalue weighted by Gasteiger charge is -2.12. The molecular formula is C14H13NO. The number of hydrogen-bond acceptors (Lipinski definition) is 1. The summed E-state index contributed by atoms with van der Waals surface area (Å²) in [7, 11) is 1.92. The van der Waals surface area contributed by atoms with Crippen LogP contribution in [0.1, 0.15) is 11.3 Å². The van der Waals surface area contributed by atoms with Crippen molar-refractivity contribution in [3.63, 3.8) is 0 Å². The first-order valence-corrected chi connectivity index (χ1v) is 5.07. The van der Waals surface area contributed by atoms with Gasteiger partial charge in [-0.2, -0.15) is 0 Å². The van der Waals surface area contributed by atoms with Crippen molar-refractivity contribution in [3.05, 3.63) is 58.9 Å². The van der Waals surface area contributed by atoms with Crippen molar-refractivity contribution in [2.45, 2.75) is 0 Å². The van der Waals surface area contributed by atoms with E-state index in [0.29, 0.717) is 10.9 Å². The number of aryl methyl sites for hydroxylation is 1. The molecular weight excluding hydrogens is 198 g/mol. The third-order valence-corrected chi connectivity index (χ3v) is 2.79. The van der Waals surface area contributed by atoms with Crippen LogP contribution in [-0.4, -0.2) is 4.57 Å². The zero-order chi connectivity index (χ0) is 11.7. The van der Waals surface area contributed by atoms with Gasteiger partial charge in [0.25, 0.3) is 0 Å². The second-order valence-corrected chi connectivity index (χ2v) is 3.61. The molecule has 80 valence electrons. The maximum atomic E-state index is 12.2. The van der Waals surface area contributed by atoms with E-state index in [9.17, 15) is 4.79 Å². The summed E-state index contributed by atoms with van der Waals surface area (Å²) in [5.74, 6) is 0. The molecule has 0 radical (unpaired) electrons. The number of rotatable bonds is 2. The Balaban J connectivity index is 3.11. The van der Waals surface area contributed by atoms with Gasteiger partial charge in [-0.15, -0.1) is 0 Å². The highest BCUT2D eigenvalue weighted by Gasteiger charge is 2.09. The molecule has 2 nitrogen and oxygen atoms in total. The summed E-state index contributed by atoms with van der Waals surface area (Å²) < 4.78 is 1.96. The molecule has 1 aromatic heterocycles. The number of benzene rings is 1. The van der Waals surface area contributed by atoms with Crippen LogP contribution in [0.25, 0.3) is 23.1 Å². The minimum atomic E-state index is 0.0126. The Morgan fingerprint density at radius 1 is 1.19 bits per heavy atom. The van der Waals surface area contributed by atoms with Crippen LogP contribution in [0, 0.1) is 0 Å². The van der Waals surface area contributed by atoms with E-state index in [1.807, 2.05) is 35.9 Å². The number of hydrogen-bond donors (Lipinski definition) is 0. The van der Waals surface area contributed by atoms with Gasteiger partial charge in [0.15, 0.2) is 5.43 Å². The van der Waals surface area contributed by atoms with Gasteiger partial charge < -0.3 is 4.57 Å². The monoisotopic (exact) mass is 211 g/mol. The number of pyridine rings is 1. The molecule has 0 fully saturated rings. The van der Waals surface area contributed by atoms with E-state index < -0.39 is 0 Å². The Bertz CT molecular complexity index is 635. The maximum absolute atomic E-state index is 12.2. The molecule has 0 aliphatic carbocycles. The molecule has 1 aromatic carbocycles. The van der Waals surface area contributed by atoms with Gasteiger partial charge in [-0.1, -0.05) is 31.4 Å². The molecule has 2 rings (SSSR count). The van der Waals surface area contributed by atoms with E-state index >= 15 is 0 Å². The molecule has 0 bridgehead atoms. The zero-order valence-corrected chi connectivity index (χ0v) is 9.23. The van der Waals surface area contributed by atoms with Gasteiger partial charge in [0.1, 0.15) is 0 Å². The molecule has 0 aliphatic heterocycles. The summed E-state index contributed by atoms with van der Waals surface area (Å²) in [5, 5.41) is 0.713. The summed E-state index contributed by atoms with van der Waals surface area (Å²) in [6, 6.07) is 7.54. The molecule has 16 heavy (non-hydrogen) atoms. The summed E-state index contributed by atoms with van der Waals surface area (Å²) in [4.78, 5) is 12.2. The van der Waals surface area contributed by atoms with E-state index in [0.717, 1.165) is 11.2 Å². The van der Waals surface area contributed by atoms with Gasteiger partial charge in [0, 0.05) is 18.0 Å². The van der Waals surface area contributed by atoms with Crippen LogP contribution in [0.15, 0.2) is 42.2 Å². The third-order valence-electron chi connectivity index (χ3n) is 2.79. The average molecular weight is 211 g/mol. The summed E-state index contributed by atoms with van der Waals surface area (Å²) >= 11 is 0. The van der Waals surface area contributed by atoms with E-state index in [4.69, 9.17) is 0 Å². The van der Waals surface area contributed by atoms with Crippen molar-refractivity contribution < 1.29 is 0 Å². The largest absolute Gasteiger partial charge is 0.343 e. The second-order valence-electron chi connectivity index (χ2n) is 3.61. The Morgan fingerprint density at radius 2 is 1.88 bits per heavy atom. The van der Waals surface area contributed by atoms with E-state index in [-0.39, 0.29) is 5.43 Å². The van der Waals surface area contributed by atoms with Crippen molar-refractivity contribution in [1.82, 2.24) is 4.57 Å². The summed E-state index contributed by atoms with van der Waals surface area (Å²) in [5.41, 5.74) is 2.33. The first-order chi connectivity index (χ1) is 7.70. The summed E-state index contributed by atoms with van der Waals surface area (Å²) in [6.45, 7) is 7.43. The minimum absolute atomic E-state index is 0.0126. The molecule has 0 saturated carbocycles. The Morgan fingerprint density at radius 3 is 2.50 bits per heavy atom. The summed E-state index contributed by atoms with van der Waals surface area (Å²) in [6.07, 6.45) is 3.27. The Labute approximate surface area is 94.1 Å². The molecule has 0 spiro atoms. The molecule has 0 unspecified atom stereocenters. The van der Waals surface area contributed by atoms with Gasteiger partial charge in [0.05, 0.1) is 11.2 Å². The van der Waals surface area contributed by atoms with Crippen LogP contribution in [0.4, 0.5) is 0 Å². The fraction of sp³-hybridized carbons (Fsp3) is 0.0714. The molecule has 0 atom stereocenters. The second kappa shape index (κ2) is 3.81. The minimum Gasteiger partial charge on any atom is -0.343 e. The number of fused-ring (bicyclic) bond motifs is 1. The average Bonchev–Trinajstić information content (AvgIpc) is 2.33. The van der Waals surface area contributed by atoms with Gasteiger partial charge in [-0.05, 0) is 18.2 Å². The fourth-order valence-corrected chi connectivity index (χ4v) is 1.97. The van der Waals surface area contributed by atoms with Crippen LogP contribution < -0.4 is 5.43 Å². The lowest BCUT2D eigenvalue weighted by molar-refractivity contribution is 0.932. The first-order valence-electron chi connectivity index (χ1n) is 5.07. The van der Waals surface area contributed by atoms with Crippen LogP contribution in [-0.2, 0) is 7.05 Å². The third kappa shape index (κ3) is 1.31. The van der Waals surface area contributed by atoms with Gasteiger partial charge in [-0.25, -0.2) is 0 Å². The Kier molecular flexibility index (Phi) is 2.49. The highest BCUT2D eigenvalue weighted by molar-refractivity contribution is 5.83. The normalized spacial score (nSPS) is 10.3. The van der Waals surface area contributed by atoms with Gasteiger partial charge >= 0.3 is 0 Å². The first kappa shape index (κ1) is 10.4. The molecule has 0 N–H and O–H groups in total. The van der Waals surface area contributed by atoms with E-state index in [2.05, 4.69) is 13.2 Å². The van der Waals surface area contributed by atoms with Gasteiger partial charge in [0.2, 0.25) is 0 Å². The van der Waals surface area contributed by atoms with Crippen molar-refractivity contribution in [2.75, 3.05) is 0 Å². The van der Waals surface area contributed by atoms with Crippen LogP contribution in [0.2, 0.25) is 0 Å². The van der Waals surface area contributed by atoms with Gasteiger partial charge in [-0.3, -0.25) is 4.79 Å². The van der Waals surface area contributed by atoms with Crippen molar-refractivity contribution in [1.29, 1.82) is 0 Å². The molecule has 2 heteroatoms. The number of aromatic nitrogens is 1. The smallest absolute Gasteiger partial charge is 0.197 e. The predicted octanol–water partition coefficient (Wildman–Crippen LogP) is 2.82. The highest BCUT2D eigenvalue weighted by Crippen LogP contribution is 2.16. The van der Waals surface area contributed by atoms with Crippen LogP contribution >= 0.6 is 0 Å². The molecule has 1 heterocycles. The lowest BCUT2D eigenvalue weighted by atomic mass is 10.1. The lowest BCUT2D eigenvalue weighted by Crippen LogP contribution is -2.14. The standard InChI is InChI=1S/C14H13NO/c1-4-10-12(5-2)15(3)13-9-7-6-8-11(13)14(10)16/h4-9H,1-2H2,3H3. The number of nitrogens with zero attached hydrogens (tertiary/aromatic N) is 1. The SMILES string of the molecule is C=Cc1c(C=C)n(C)c2ccccc2c1=O. The Hall–Kier alpha value is -2.09. The van der Waals surface area contributed by atoms with E-state index in [1.54, 1.807) is 12.2 Å². The molecule has 0 saturated heterocycles. The predicted molar refractivity (Wildman–Crippen MR) is 69.4 cm³/mol. The van der Waals surface area contributed by atoms with Crippen LogP contribution in [0.5, 0.6) is 0 Å². The molecule has 2 aromatic rings. The molecule has 0 amide bonds. The van der Waals surface area contributed by atoms with Crippen molar-refractivity contribution in [3.8, 4) is 0 Å².